The molecule has 3 aromatic rings. The van der Waals surface area contributed by atoms with E-state index in [1.165, 1.54) is 5.56 Å². The Labute approximate surface area is 128 Å². The van der Waals surface area contributed by atoms with Gasteiger partial charge in [0.15, 0.2) is 10.9 Å². The van der Waals surface area contributed by atoms with Crippen molar-refractivity contribution >= 4 is 24.0 Å². The predicted octanol–water partition coefficient (Wildman–Crippen LogP) is 5.39. The quantitative estimate of drug-likeness (QED) is 0.634. The molecular formula is C16H13Cl2NO. The van der Waals surface area contributed by atoms with Crippen LogP contribution in [-0.4, -0.2) is 4.98 Å². The largest absolute Gasteiger partial charge is 0.434 e. The lowest BCUT2D eigenvalue weighted by atomic mass is 10.1. The monoisotopic (exact) mass is 305 g/mol. The van der Waals surface area contributed by atoms with Crippen molar-refractivity contribution in [3.63, 3.8) is 0 Å². The van der Waals surface area contributed by atoms with Gasteiger partial charge in [0.25, 0.3) is 0 Å². The minimum absolute atomic E-state index is 0. The predicted molar refractivity (Wildman–Crippen MR) is 84.4 cm³/mol. The maximum atomic E-state index is 6.16. The van der Waals surface area contributed by atoms with E-state index >= 15 is 0 Å². The van der Waals surface area contributed by atoms with Crippen LogP contribution in [0.4, 0.5) is 0 Å². The van der Waals surface area contributed by atoms with Crippen LogP contribution in [0.2, 0.25) is 5.15 Å². The van der Waals surface area contributed by atoms with Gasteiger partial charge in [0.1, 0.15) is 0 Å². The van der Waals surface area contributed by atoms with Crippen LogP contribution in [0.25, 0.3) is 22.8 Å². The van der Waals surface area contributed by atoms with Crippen molar-refractivity contribution in [3.05, 3.63) is 65.3 Å². The first kappa shape index (κ1) is 14.6. The minimum atomic E-state index is 0. The fraction of sp³-hybridized carbons (Fsp3) is 0.0625. The number of oxazole rings is 1. The molecule has 0 atom stereocenters. The van der Waals surface area contributed by atoms with E-state index < -0.39 is 0 Å². The molecule has 0 aliphatic heterocycles. The summed E-state index contributed by atoms with van der Waals surface area (Å²) in [5.41, 5.74) is 3.05. The lowest BCUT2D eigenvalue weighted by Gasteiger charge is -1.97. The normalized spacial score (nSPS) is 10.1. The van der Waals surface area contributed by atoms with Crippen molar-refractivity contribution < 1.29 is 4.42 Å². The van der Waals surface area contributed by atoms with E-state index in [2.05, 4.69) is 4.98 Å². The number of hydrogen-bond donors (Lipinski definition) is 0. The van der Waals surface area contributed by atoms with Gasteiger partial charge in [0.05, 0.1) is 0 Å². The van der Waals surface area contributed by atoms with Crippen LogP contribution < -0.4 is 0 Å². The molecule has 0 amide bonds. The Morgan fingerprint density at radius 2 is 1.55 bits per heavy atom. The maximum Gasteiger partial charge on any atom is 0.228 e. The van der Waals surface area contributed by atoms with Gasteiger partial charge >= 0.3 is 0 Å². The summed E-state index contributed by atoms with van der Waals surface area (Å²) in [6.07, 6.45) is 0. The molecule has 0 fully saturated rings. The van der Waals surface area contributed by atoms with Gasteiger partial charge in [-0.15, -0.1) is 12.4 Å². The zero-order valence-corrected chi connectivity index (χ0v) is 12.4. The fourth-order valence-electron chi connectivity index (χ4n) is 1.89. The van der Waals surface area contributed by atoms with Crippen LogP contribution in [-0.2, 0) is 0 Å². The van der Waals surface area contributed by atoms with Crippen LogP contribution in [0.15, 0.2) is 59.0 Å². The van der Waals surface area contributed by atoms with Crippen molar-refractivity contribution in [2.75, 3.05) is 0 Å². The smallest absolute Gasteiger partial charge is 0.228 e. The number of rotatable bonds is 2. The molecule has 1 heterocycles. The molecule has 1 aromatic heterocycles. The highest BCUT2D eigenvalue weighted by Crippen LogP contribution is 2.32. The molecular weight excluding hydrogens is 293 g/mol. The number of benzene rings is 2. The van der Waals surface area contributed by atoms with E-state index in [1.807, 2.05) is 61.5 Å². The summed E-state index contributed by atoms with van der Waals surface area (Å²) in [4.78, 5) is 4.29. The highest BCUT2D eigenvalue weighted by molar-refractivity contribution is 6.31. The molecule has 0 N–H and O–H groups in total. The van der Waals surface area contributed by atoms with E-state index in [0.717, 1.165) is 11.1 Å². The van der Waals surface area contributed by atoms with Crippen molar-refractivity contribution in [1.29, 1.82) is 0 Å². The first-order chi connectivity index (χ1) is 9.24. The highest BCUT2D eigenvalue weighted by atomic mass is 35.5. The Bertz CT molecular complexity index is 690. The third-order valence-corrected chi connectivity index (χ3v) is 3.18. The standard InChI is InChI=1S/C16H12ClNO.ClH/c1-11-7-9-13(10-8-11)16-18-15(17)14(19-16)12-5-3-2-4-6-12;/h2-10H,1H3;1H. The molecule has 0 radical (unpaired) electrons. The van der Waals surface area contributed by atoms with Crippen LogP contribution >= 0.6 is 24.0 Å². The summed E-state index contributed by atoms with van der Waals surface area (Å²) in [6.45, 7) is 2.04. The molecule has 20 heavy (non-hydrogen) atoms. The third-order valence-electron chi connectivity index (χ3n) is 2.92. The Kier molecular flexibility index (Phi) is 4.48. The van der Waals surface area contributed by atoms with Gasteiger partial charge in [-0.05, 0) is 19.1 Å². The second-order valence-corrected chi connectivity index (χ2v) is 4.73. The van der Waals surface area contributed by atoms with E-state index in [1.54, 1.807) is 0 Å². The van der Waals surface area contributed by atoms with Gasteiger partial charge in [0.2, 0.25) is 5.89 Å². The van der Waals surface area contributed by atoms with Crippen molar-refractivity contribution in [2.45, 2.75) is 6.92 Å². The third kappa shape index (κ3) is 2.87. The van der Waals surface area contributed by atoms with Crippen LogP contribution in [0.1, 0.15) is 5.56 Å². The van der Waals surface area contributed by atoms with E-state index in [4.69, 9.17) is 16.0 Å². The Balaban J connectivity index is 0.00000147. The first-order valence-electron chi connectivity index (χ1n) is 6.03. The maximum absolute atomic E-state index is 6.16. The number of halogens is 2. The lowest BCUT2D eigenvalue weighted by Crippen LogP contribution is -1.77. The van der Waals surface area contributed by atoms with Gasteiger partial charge in [-0.25, -0.2) is 0 Å². The molecule has 0 spiro atoms. The van der Waals surface area contributed by atoms with E-state index in [-0.39, 0.29) is 12.4 Å². The molecule has 0 saturated carbocycles. The molecule has 102 valence electrons. The summed E-state index contributed by atoms with van der Waals surface area (Å²) in [6, 6.07) is 17.7. The molecule has 0 bridgehead atoms. The van der Waals surface area contributed by atoms with E-state index in [0.29, 0.717) is 16.8 Å². The number of aromatic nitrogens is 1. The molecule has 3 rings (SSSR count). The number of nitrogens with zero attached hydrogens (tertiary/aromatic N) is 1. The minimum Gasteiger partial charge on any atom is -0.434 e. The second-order valence-electron chi connectivity index (χ2n) is 4.37. The Hall–Kier alpha value is -1.77. The zero-order valence-electron chi connectivity index (χ0n) is 10.8. The van der Waals surface area contributed by atoms with Crippen molar-refractivity contribution in [1.82, 2.24) is 4.98 Å². The SMILES string of the molecule is Cc1ccc(-c2nc(Cl)c(-c3ccccc3)o2)cc1.Cl. The van der Waals surface area contributed by atoms with Gasteiger partial charge in [-0.3, -0.25) is 0 Å². The fourth-order valence-corrected chi connectivity index (χ4v) is 2.11. The van der Waals surface area contributed by atoms with Gasteiger partial charge < -0.3 is 4.42 Å². The topological polar surface area (TPSA) is 26.0 Å². The molecule has 0 aliphatic carbocycles. The number of aryl methyl sites for hydroxylation is 1. The van der Waals surface area contributed by atoms with Crippen LogP contribution in [0, 0.1) is 6.92 Å². The Morgan fingerprint density at radius 3 is 2.20 bits per heavy atom. The first-order valence-corrected chi connectivity index (χ1v) is 6.40. The summed E-state index contributed by atoms with van der Waals surface area (Å²) in [7, 11) is 0. The second kappa shape index (κ2) is 6.12. The summed E-state index contributed by atoms with van der Waals surface area (Å²) in [5.74, 6) is 1.15. The van der Waals surface area contributed by atoms with E-state index in [9.17, 15) is 0 Å². The number of hydrogen-bond acceptors (Lipinski definition) is 2. The van der Waals surface area contributed by atoms with Crippen LogP contribution in [0.3, 0.4) is 0 Å². The zero-order chi connectivity index (χ0) is 13.2. The summed E-state index contributed by atoms with van der Waals surface area (Å²) >= 11 is 6.16. The van der Waals surface area contributed by atoms with Gasteiger partial charge in [-0.2, -0.15) is 4.98 Å². The summed E-state index contributed by atoms with van der Waals surface area (Å²) < 4.78 is 5.78. The summed E-state index contributed by atoms with van der Waals surface area (Å²) in [5, 5.41) is 0.391. The highest BCUT2D eigenvalue weighted by Gasteiger charge is 2.14. The van der Waals surface area contributed by atoms with Gasteiger partial charge in [-0.1, -0.05) is 59.6 Å². The molecule has 2 nitrogen and oxygen atoms in total. The van der Waals surface area contributed by atoms with Crippen molar-refractivity contribution in [3.8, 4) is 22.8 Å². The average molecular weight is 306 g/mol. The van der Waals surface area contributed by atoms with Crippen molar-refractivity contribution in [2.24, 2.45) is 0 Å². The molecule has 2 aromatic carbocycles. The lowest BCUT2D eigenvalue weighted by molar-refractivity contribution is 0.589. The molecule has 4 heteroatoms. The van der Waals surface area contributed by atoms with Gasteiger partial charge in [0, 0.05) is 11.1 Å². The average Bonchev–Trinajstić information content (AvgIpc) is 2.83. The molecule has 0 saturated heterocycles. The van der Waals surface area contributed by atoms with Crippen LogP contribution in [0.5, 0.6) is 0 Å². The molecule has 0 aliphatic rings. The Morgan fingerprint density at radius 1 is 0.900 bits per heavy atom. The molecule has 0 unspecified atom stereocenters.